The van der Waals surface area contributed by atoms with Crippen LogP contribution in [0.3, 0.4) is 0 Å². The van der Waals surface area contributed by atoms with E-state index in [-0.39, 0.29) is 30.1 Å². The van der Waals surface area contributed by atoms with Gasteiger partial charge in [0.2, 0.25) is 0 Å². The average Bonchev–Trinajstić information content (AvgIpc) is 2.54. The fourth-order valence-electron chi connectivity index (χ4n) is 2.49. The third kappa shape index (κ3) is 6.85. The number of hydrogen-bond donors (Lipinski definition) is 1. The van der Waals surface area contributed by atoms with Gasteiger partial charge in [-0.1, -0.05) is 12.1 Å². The summed E-state index contributed by atoms with van der Waals surface area (Å²) in [6.07, 6.45) is -0.557. The highest BCUT2D eigenvalue weighted by Crippen LogP contribution is 2.24. The smallest absolute Gasteiger partial charge is 0.257 e. The molecule has 1 heterocycles. The molecule has 0 aromatic heterocycles. The summed E-state index contributed by atoms with van der Waals surface area (Å²) in [6, 6.07) is 7.94. The summed E-state index contributed by atoms with van der Waals surface area (Å²) in [6.45, 7) is 3.65. The van der Waals surface area contributed by atoms with Gasteiger partial charge in [0.05, 0.1) is 3.57 Å². The number of nitrogens with one attached hydrogen (secondary N) is 1. The Morgan fingerprint density at radius 3 is 2.62 bits per heavy atom. The Hall–Kier alpha value is -0.390. The van der Waals surface area contributed by atoms with Crippen LogP contribution in [0.1, 0.15) is 19.8 Å². The van der Waals surface area contributed by atoms with Crippen LogP contribution in [-0.2, 0) is 0 Å². The summed E-state index contributed by atoms with van der Waals surface area (Å²) in [5.74, 6) is 1.48. The first-order valence-electron chi connectivity index (χ1n) is 7.82. The minimum Gasteiger partial charge on any atom is -0.489 e. The highest BCUT2D eigenvalue weighted by molar-refractivity contribution is 14.1. The second kappa shape index (κ2) is 11.3. The second-order valence-corrected chi connectivity index (χ2v) is 6.48. The third-order valence-corrected chi connectivity index (χ3v) is 4.48. The molecule has 1 N–H and O–H groups in total. The van der Waals surface area contributed by atoms with Crippen LogP contribution in [0, 0.1) is 3.57 Å². The summed E-state index contributed by atoms with van der Waals surface area (Å²) in [4.78, 5) is 6.03. The van der Waals surface area contributed by atoms with E-state index < -0.39 is 13.0 Å². The summed E-state index contributed by atoms with van der Waals surface area (Å²) in [7, 11) is 0. The van der Waals surface area contributed by atoms with E-state index in [0.29, 0.717) is 12.5 Å². The lowest BCUT2D eigenvalue weighted by Gasteiger charge is -2.34. The summed E-state index contributed by atoms with van der Waals surface area (Å²) < 4.78 is 31.9. The lowest BCUT2D eigenvalue weighted by molar-refractivity contribution is 0.127. The Morgan fingerprint density at radius 2 is 2.04 bits per heavy atom. The average molecular weight is 565 g/mol. The molecule has 1 aliphatic heterocycles. The van der Waals surface area contributed by atoms with E-state index in [4.69, 9.17) is 4.74 Å². The lowest BCUT2D eigenvalue weighted by atomic mass is 10.1. The normalized spacial score (nSPS) is 16.0. The van der Waals surface area contributed by atoms with Crippen molar-refractivity contribution in [3.05, 3.63) is 27.8 Å². The predicted octanol–water partition coefficient (Wildman–Crippen LogP) is 3.98. The van der Waals surface area contributed by atoms with Crippen LogP contribution in [0.2, 0.25) is 0 Å². The molecule has 0 saturated carbocycles. The first kappa shape index (κ1) is 21.7. The molecule has 24 heavy (non-hydrogen) atoms. The van der Waals surface area contributed by atoms with E-state index in [0.717, 1.165) is 35.3 Å². The topological polar surface area (TPSA) is 36.9 Å². The molecule has 1 saturated heterocycles. The number of guanidine groups is 1. The molecule has 1 aliphatic rings. The molecule has 0 bridgehead atoms. The van der Waals surface area contributed by atoms with Crippen molar-refractivity contribution in [1.29, 1.82) is 0 Å². The molecule has 8 heteroatoms. The van der Waals surface area contributed by atoms with E-state index in [1.165, 1.54) is 0 Å². The number of ether oxygens (including phenoxy) is 1. The molecule has 0 spiro atoms. The summed E-state index contributed by atoms with van der Waals surface area (Å²) >= 11 is 2.26. The number of likely N-dealkylation sites (tertiary alicyclic amines) is 1. The maximum atomic E-state index is 12.4. The molecule has 0 unspecified atom stereocenters. The maximum Gasteiger partial charge on any atom is 0.257 e. The molecular formula is C16H23F2I2N3O. The van der Waals surface area contributed by atoms with Crippen LogP contribution in [0.4, 0.5) is 8.78 Å². The first-order valence-corrected chi connectivity index (χ1v) is 8.90. The molecule has 2 rings (SSSR count). The summed E-state index contributed by atoms with van der Waals surface area (Å²) in [5.41, 5.74) is 0. The number of nitrogens with zero attached hydrogens (tertiary/aromatic N) is 2. The zero-order chi connectivity index (χ0) is 16.7. The van der Waals surface area contributed by atoms with E-state index in [1.807, 2.05) is 36.1 Å². The molecule has 0 amide bonds. The van der Waals surface area contributed by atoms with Crippen LogP contribution in [0.15, 0.2) is 29.3 Å². The van der Waals surface area contributed by atoms with Gasteiger partial charge in [-0.25, -0.2) is 13.8 Å². The number of halogens is 4. The van der Waals surface area contributed by atoms with Gasteiger partial charge in [-0.3, -0.25) is 0 Å². The number of benzene rings is 1. The van der Waals surface area contributed by atoms with Crippen molar-refractivity contribution in [3.8, 4) is 5.75 Å². The minimum absolute atomic E-state index is 0. The van der Waals surface area contributed by atoms with Crippen molar-refractivity contribution in [2.45, 2.75) is 32.3 Å². The Balaban J connectivity index is 0.00000288. The van der Waals surface area contributed by atoms with Crippen molar-refractivity contribution in [1.82, 2.24) is 10.2 Å². The third-order valence-electron chi connectivity index (χ3n) is 3.59. The van der Waals surface area contributed by atoms with Gasteiger partial charge >= 0.3 is 0 Å². The Bertz CT molecular complexity index is 524. The maximum absolute atomic E-state index is 12.4. The van der Waals surface area contributed by atoms with Gasteiger partial charge in [-0.15, -0.1) is 24.0 Å². The van der Waals surface area contributed by atoms with Gasteiger partial charge in [-0.05, 0) is 41.6 Å². The molecule has 0 radical (unpaired) electrons. The zero-order valence-electron chi connectivity index (χ0n) is 13.6. The highest BCUT2D eigenvalue weighted by atomic mass is 127. The van der Waals surface area contributed by atoms with E-state index in [1.54, 1.807) is 0 Å². The fourth-order valence-corrected chi connectivity index (χ4v) is 3.00. The molecule has 0 aliphatic carbocycles. The lowest BCUT2D eigenvalue weighted by Crippen LogP contribution is -2.47. The van der Waals surface area contributed by atoms with Gasteiger partial charge in [0.15, 0.2) is 5.96 Å². The standard InChI is InChI=1S/C16H22F2IN3O.HI/c1-2-20-16(21-11-15(17)18)22-9-7-12(8-10-22)23-14-6-4-3-5-13(14)19;/h3-6,12,15H,2,7-11H2,1H3,(H,20,21);1H. The molecule has 1 aromatic carbocycles. The van der Waals surface area contributed by atoms with E-state index in [9.17, 15) is 8.78 Å². The summed E-state index contributed by atoms with van der Waals surface area (Å²) in [5, 5.41) is 3.08. The fraction of sp³-hybridized carbons (Fsp3) is 0.562. The van der Waals surface area contributed by atoms with Crippen molar-refractivity contribution < 1.29 is 13.5 Å². The number of alkyl halides is 2. The van der Waals surface area contributed by atoms with Crippen molar-refractivity contribution in [2.24, 2.45) is 4.99 Å². The molecule has 136 valence electrons. The second-order valence-electron chi connectivity index (χ2n) is 5.32. The van der Waals surface area contributed by atoms with E-state index in [2.05, 4.69) is 32.9 Å². The van der Waals surface area contributed by atoms with Crippen LogP contribution in [0.25, 0.3) is 0 Å². The number of hydrogen-bond acceptors (Lipinski definition) is 2. The highest BCUT2D eigenvalue weighted by Gasteiger charge is 2.23. The zero-order valence-corrected chi connectivity index (χ0v) is 18.0. The Labute approximate surface area is 172 Å². The SMILES string of the molecule is CCNC(=NCC(F)F)N1CCC(Oc2ccccc2I)CC1.I. The minimum atomic E-state index is -2.41. The quantitative estimate of drug-likeness (QED) is 0.334. The Kier molecular flexibility index (Phi) is 10.2. The van der Waals surface area contributed by atoms with Gasteiger partial charge in [0.25, 0.3) is 6.43 Å². The largest absolute Gasteiger partial charge is 0.489 e. The van der Waals surface area contributed by atoms with Crippen LogP contribution in [0.5, 0.6) is 5.75 Å². The molecule has 1 aromatic rings. The Morgan fingerprint density at radius 1 is 1.38 bits per heavy atom. The molecule has 4 nitrogen and oxygen atoms in total. The van der Waals surface area contributed by atoms with Crippen LogP contribution < -0.4 is 10.1 Å². The molecule has 1 fully saturated rings. The molecular weight excluding hydrogens is 542 g/mol. The predicted molar refractivity (Wildman–Crippen MR) is 112 cm³/mol. The van der Waals surface area contributed by atoms with Gasteiger partial charge in [-0.2, -0.15) is 0 Å². The van der Waals surface area contributed by atoms with E-state index >= 15 is 0 Å². The van der Waals surface area contributed by atoms with Crippen LogP contribution >= 0.6 is 46.6 Å². The van der Waals surface area contributed by atoms with Gasteiger partial charge in [0.1, 0.15) is 18.4 Å². The number of para-hydroxylation sites is 1. The molecule has 0 atom stereocenters. The van der Waals surface area contributed by atoms with Gasteiger partial charge < -0.3 is 15.0 Å². The monoisotopic (exact) mass is 565 g/mol. The van der Waals surface area contributed by atoms with Crippen molar-refractivity contribution in [2.75, 3.05) is 26.2 Å². The first-order chi connectivity index (χ1) is 11.1. The number of piperidine rings is 1. The number of aliphatic imine (C=N–C) groups is 1. The van der Waals surface area contributed by atoms with Crippen molar-refractivity contribution in [3.63, 3.8) is 0 Å². The van der Waals surface area contributed by atoms with Crippen molar-refractivity contribution >= 4 is 52.5 Å². The number of rotatable bonds is 5. The van der Waals surface area contributed by atoms with Gasteiger partial charge in [0, 0.05) is 32.5 Å². The van der Waals surface area contributed by atoms with Crippen LogP contribution in [-0.4, -0.2) is 49.6 Å².